The van der Waals surface area contributed by atoms with Gasteiger partial charge in [-0.25, -0.2) is 4.79 Å². The summed E-state index contributed by atoms with van der Waals surface area (Å²) in [6.45, 7) is 4.38. The van der Waals surface area contributed by atoms with Gasteiger partial charge in [-0.05, 0) is 18.8 Å². The minimum absolute atomic E-state index is 0.0480. The topological polar surface area (TPSA) is 87.1 Å². The van der Waals surface area contributed by atoms with E-state index in [2.05, 4.69) is 34.7 Å². The summed E-state index contributed by atoms with van der Waals surface area (Å²) in [5, 5.41) is 24.6. The Morgan fingerprint density at radius 1 is 1.38 bits per heavy atom. The molecule has 3 N–H and O–H groups in total. The maximum Gasteiger partial charge on any atom is 0.321 e. The molecule has 1 aromatic rings. The van der Waals surface area contributed by atoms with Crippen molar-refractivity contribution >= 4 is 22.5 Å². The number of hydrogen-bond acceptors (Lipinski definition) is 5. The van der Waals surface area contributed by atoms with Crippen LogP contribution in [-0.4, -0.2) is 34.0 Å². The second-order valence-electron chi connectivity index (χ2n) is 6.03. The standard InChI is InChI=1S/C14H24N4O2S/c1-9(2)7-12-17-18-14(21-12)16-13(20)15-11-6-4-3-5-10(11)8-19/h9-11,19H,3-8H2,1-2H3,(H2,15,16,18,20). The molecule has 0 aromatic carbocycles. The Morgan fingerprint density at radius 3 is 2.86 bits per heavy atom. The molecule has 1 heterocycles. The van der Waals surface area contributed by atoms with Crippen molar-refractivity contribution in [3.8, 4) is 0 Å². The molecule has 1 aliphatic rings. The Hall–Kier alpha value is -1.21. The predicted molar refractivity (Wildman–Crippen MR) is 83.4 cm³/mol. The summed E-state index contributed by atoms with van der Waals surface area (Å²) in [6.07, 6.45) is 4.99. The molecule has 0 aliphatic heterocycles. The van der Waals surface area contributed by atoms with E-state index >= 15 is 0 Å². The Balaban J connectivity index is 1.84. The molecule has 1 aromatic heterocycles. The fraction of sp³-hybridized carbons (Fsp3) is 0.786. The van der Waals surface area contributed by atoms with Crippen LogP contribution in [0.5, 0.6) is 0 Å². The number of nitrogens with one attached hydrogen (secondary N) is 2. The van der Waals surface area contributed by atoms with Gasteiger partial charge in [0, 0.05) is 25.0 Å². The molecule has 2 rings (SSSR count). The summed E-state index contributed by atoms with van der Waals surface area (Å²) in [5.74, 6) is 0.683. The van der Waals surface area contributed by atoms with Gasteiger partial charge in [0.1, 0.15) is 5.01 Å². The second-order valence-corrected chi connectivity index (χ2v) is 7.09. The summed E-state index contributed by atoms with van der Waals surface area (Å²) < 4.78 is 0. The SMILES string of the molecule is CC(C)Cc1nnc(NC(=O)NC2CCCCC2CO)s1. The zero-order chi connectivity index (χ0) is 15.2. The highest BCUT2D eigenvalue weighted by Gasteiger charge is 2.26. The summed E-state index contributed by atoms with van der Waals surface area (Å²) in [6, 6.07) is -0.209. The van der Waals surface area contributed by atoms with Gasteiger partial charge in [-0.1, -0.05) is 38.0 Å². The molecule has 0 spiro atoms. The molecule has 21 heavy (non-hydrogen) atoms. The van der Waals surface area contributed by atoms with Crippen molar-refractivity contribution in [3.05, 3.63) is 5.01 Å². The number of amides is 2. The zero-order valence-corrected chi connectivity index (χ0v) is 13.4. The van der Waals surface area contributed by atoms with E-state index in [9.17, 15) is 9.90 Å². The number of aromatic nitrogens is 2. The number of carbonyl (C=O) groups is 1. The number of hydrogen-bond donors (Lipinski definition) is 3. The normalized spacial score (nSPS) is 22.3. The molecule has 1 aliphatic carbocycles. The van der Waals surface area contributed by atoms with Crippen molar-refractivity contribution in [2.75, 3.05) is 11.9 Å². The number of aliphatic hydroxyl groups excluding tert-OH is 1. The lowest BCUT2D eigenvalue weighted by atomic mass is 9.85. The van der Waals surface area contributed by atoms with E-state index in [1.165, 1.54) is 11.3 Å². The number of aliphatic hydroxyl groups is 1. The van der Waals surface area contributed by atoms with Gasteiger partial charge < -0.3 is 10.4 Å². The fourth-order valence-corrected chi connectivity index (χ4v) is 3.60. The van der Waals surface area contributed by atoms with Gasteiger partial charge >= 0.3 is 6.03 Å². The lowest BCUT2D eigenvalue weighted by molar-refractivity contribution is 0.156. The van der Waals surface area contributed by atoms with Gasteiger partial charge in [0.25, 0.3) is 0 Å². The molecule has 0 bridgehead atoms. The van der Waals surface area contributed by atoms with Crippen molar-refractivity contribution in [1.29, 1.82) is 0 Å². The average Bonchev–Trinajstić information content (AvgIpc) is 2.85. The Bertz CT molecular complexity index is 464. The molecule has 1 saturated carbocycles. The van der Waals surface area contributed by atoms with Crippen molar-refractivity contribution in [2.45, 2.75) is 52.0 Å². The average molecular weight is 312 g/mol. The van der Waals surface area contributed by atoms with Gasteiger partial charge in [-0.3, -0.25) is 5.32 Å². The van der Waals surface area contributed by atoms with Crippen LogP contribution in [0.3, 0.4) is 0 Å². The van der Waals surface area contributed by atoms with Crippen LogP contribution in [0.4, 0.5) is 9.93 Å². The first-order valence-corrected chi connectivity index (χ1v) is 8.41. The van der Waals surface area contributed by atoms with Crippen LogP contribution in [0.15, 0.2) is 0 Å². The number of anilines is 1. The molecule has 2 atom stereocenters. The third-order valence-corrected chi connectivity index (χ3v) is 4.59. The molecule has 1 fully saturated rings. The number of rotatable bonds is 5. The molecule has 118 valence electrons. The largest absolute Gasteiger partial charge is 0.396 e. The smallest absolute Gasteiger partial charge is 0.321 e. The maximum atomic E-state index is 12.0. The van der Waals surface area contributed by atoms with E-state index < -0.39 is 0 Å². The number of nitrogens with zero attached hydrogens (tertiary/aromatic N) is 2. The van der Waals surface area contributed by atoms with Crippen LogP contribution in [0.25, 0.3) is 0 Å². The molecule has 2 amide bonds. The molecule has 6 nitrogen and oxygen atoms in total. The zero-order valence-electron chi connectivity index (χ0n) is 12.6. The Morgan fingerprint density at radius 2 is 2.14 bits per heavy atom. The van der Waals surface area contributed by atoms with E-state index in [1.807, 2.05) is 0 Å². The van der Waals surface area contributed by atoms with Crippen LogP contribution < -0.4 is 10.6 Å². The molecule has 7 heteroatoms. The third kappa shape index (κ3) is 4.93. The van der Waals surface area contributed by atoms with Crippen LogP contribution in [0.1, 0.15) is 44.5 Å². The van der Waals surface area contributed by atoms with E-state index in [4.69, 9.17) is 0 Å². The summed E-state index contributed by atoms with van der Waals surface area (Å²) in [4.78, 5) is 12.0. The third-order valence-electron chi connectivity index (χ3n) is 3.73. The van der Waals surface area contributed by atoms with Crippen molar-refractivity contribution in [1.82, 2.24) is 15.5 Å². The summed E-state index contributed by atoms with van der Waals surface area (Å²) in [7, 11) is 0. The lowest BCUT2D eigenvalue weighted by Crippen LogP contribution is -2.45. The first kappa shape index (κ1) is 16.2. The highest BCUT2D eigenvalue weighted by molar-refractivity contribution is 7.15. The van der Waals surface area contributed by atoms with Crippen LogP contribution in [0, 0.1) is 11.8 Å². The monoisotopic (exact) mass is 312 g/mol. The highest BCUT2D eigenvalue weighted by Crippen LogP contribution is 2.24. The minimum Gasteiger partial charge on any atom is -0.396 e. The van der Waals surface area contributed by atoms with Gasteiger partial charge in [0.05, 0.1) is 0 Å². The van der Waals surface area contributed by atoms with E-state index in [0.29, 0.717) is 11.0 Å². The summed E-state index contributed by atoms with van der Waals surface area (Å²) in [5.41, 5.74) is 0. The number of urea groups is 1. The highest BCUT2D eigenvalue weighted by atomic mass is 32.1. The molecule has 0 radical (unpaired) electrons. The Kier molecular flexibility index (Phi) is 5.93. The van der Waals surface area contributed by atoms with Crippen molar-refractivity contribution in [3.63, 3.8) is 0 Å². The van der Waals surface area contributed by atoms with E-state index in [0.717, 1.165) is 37.1 Å². The first-order valence-electron chi connectivity index (χ1n) is 7.59. The van der Waals surface area contributed by atoms with Crippen LogP contribution >= 0.6 is 11.3 Å². The molecular formula is C14H24N4O2S. The van der Waals surface area contributed by atoms with E-state index in [1.54, 1.807) is 0 Å². The molecule has 0 saturated heterocycles. The van der Waals surface area contributed by atoms with Crippen LogP contribution in [0.2, 0.25) is 0 Å². The second kappa shape index (κ2) is 7.70. The fourth-order valence-electron chi connectivity index (χ4n) is 2.65. The number of carbonyl (C=O) groups excluding carboxylic acids is 1. The lowest BCUT2D eigenvalue weighted by Gasteiger charge is -2.30. The van der Waals surface area contributed by atoms with Crippen molar-refractivity contribution < 1.29 is 9.90 Å². The first-order chi connectivity index (χ1) is 10.1. The van der Waals surface area contributed by atoms with Crippen LogP contribution in [-0.2, 0) is 6.42 Å². The maximum absolute atomic E-state index is 12.0. The van der Waals surface area contributed by atoms with Gasteiger partial charge in [0.2, 0.25) is 5.13 Å². The van der Waals surface area contributed by atoms with Gasteiger partial charge in [0.15, 0.2) is 0 Å². The molecule has 2 unspecified atom stereocenters. The minimum atomic E-state index is -0.257. The molecular weight excluding hydrogens is 288 g/mol. The van der Waals surface area contributed by atoms with Gasteiger partial charge in [-0.15, -0.1) is 10.2 Å². The predicted octanol–water partition coefficient (Wildman–Crippen LogP) is 2.41. The van der Waals surface area contributed by atoms with Crippen molar-refractivity contribution in [2.24, 2.45) is 11.8 Å². The van der Waals surface area contributed by atoms with Gasteiger partial charge in [-0.2, -0.15) is 0 Å². The van der Waals surface area contributed by atoms with E-state index in [-0.39, 0.29) is 24.6 Å². The Labute approximate surface area is 129 Å². The summed E-state index contributed by atoms with van der Waals surface area (Å²) >= 11 is 1.41. The quantitative estimate of drug-likeness (QED) is 0.779.